The summed E-state index contributed by atoms with van der Waals surface area (Å²) in [6.45, 7) is 3.60. The van der Waals surface area contributed by atoms with Crippen molar-refractivity contribution in [3.63, 3.8) is 0 Å². The van der Waals surface area contributed by atoms with E-state index in [4.69, 9.17) is 4.74 Å². The zero-order valence-corrected chi connectivity index (χ0v) is 13.6. The lowest BCUT2D eigenvalue weighted by Gasteiger charge is -2.13. The third-order valence-electron chi connectivity index (χ3n) is 3.68. The van der Waals surface area contributed by atoms with E-state index >= 15 is 0 Å². The molecule has 0 radical (unpaired) electrons. The largest absolute Gasteiger partial charge is 0.437 e. The van der Waals surface area contributed by atoms with Crippen molar-refractivity contribution in [3.05, 3.63) is 71.4 Å². The molecule has 0 bridgehead atoms. The Morgan fingerprint density at radius 2 is 1.64 bits per heavy atom. The summed E-state index contributed by atoms with van der Waals surface area (Å²) in [6, 6.07) is 14.1. The Morgan fingerprint density at radius 3 is 2.36 bits per heavy atom. The molecule has 0 saturated carbocycles. The maximum atomic E-state index is 13.0. The number of alkyl halides is 3. The summed E-state index contributed by atoms with van der Waals surface area (Å²) < 4.78 is 44.8. The van der Waals surface area contributed by atoms with Crippen molar-refractivity contribution in [2.45, 2.75) is 20.0 Å². The SMILES string of the molecule is Cc1cc(-c2cccc(C(F)(F)F)c2)c(Oc2ccccc2C)nn1. The van der Waals surface area contributed by atoms with Crippen LogP contribution in [0, 0.1) is 13.8 Å². The topological polar surface area (TPSA) is 35.0 Å². The number of halogens is 3. The van der Waals surface area contributed by atoms with Crippen molar-refractivity contribution < 1.29 is 17.9 Å². The van der Waals surface area contributed by atoms with Crippen LogP contribution in [0.15, 0.2) is 54.6 Å². The van der Waals surface area contributed by atoms with Gasteiger partial charge in [0.05, 0.1) is 11.3 Å². The van der Waals surface area contributed by atoms with E-state index in [1.165, 1.54) is 6.07 Å². The Balaban J connectivity index is 2.08. The monoisotopic (exact) mass is 344 g/mol. The number of para-hydroxylation sites is 1. The summed E-state index contributed by atoms with van der Waals surface area (Å²) in [6.07, 6.45) is -4.41. The molecule has 0 atom stereocenters. The van der Waals surface area contributed by atoms with Crippen LogP contribution in [0.3, 0.4) is 0 Å². The second-order valence-corrected chi connectivity index (χ2v) is 5.65. The lowest BCUT2D eigenvalue weighted by atomic mass is 10.0. The van der Waals surface area contributed by atoms with Crippen LogP contribution in [-0.2, 0) is 6.18 Å². The molecule has 1 aromatic heterocycles. The fourth-order valence-corrected chi connectivity index (χ4v) is 2.40. The quantitative estimate of drug-likeness (QED) is 0.623. The van der Waals surface area contributed by atoms with Gasteiger partial charge in [0.1, 0.15) is 5.75 Å². The number of aromatic nitrogens is 2. The van der Waals surface area contributed by atoms with Gasteiger partial charge < -0.3 is 4.74 Å². The average Bonchev–Trinajstić information content (AvgIpc) is 2.58. The molecule has 3 rings (SSSR count). The summed E-state index contributed by atoms with van der Waals surface area (Å²) in [5.74, 6) is 0.744. The molecule has 0 amide bonds. The molecule has 0 saturated heterocycles. The first-order valence-corrected chi connectivity index (χ1v) is 7.60. The molecular formula is C19H15F3N2O. The van der Waals surface area contributed by atoms with Gasteiger partial charge in [0.15, 0.2) is 0 Å². The molecule has 128 valence electrons. The van der Waals surface area contributed by atoms with Crippen LogP contribution in [0.5, 0.6) is 11.6 Å². The van der Waals surface area contributed by atoms with Gasteiger partial charge >= 0.3 is 6.18 Å². The zero-order valence-electron chi connectivity index (χ0n) is 13.6. The molecule has 0 N–H and O–H groups in total. The second-order valence-electron chi connectivity index (χ2n) is 5.65. The van der Waals surface area contributed by atoms with Gasteiger partial charge in [0.2, 0.25) is 5.88 Å². The molecular weight excluding hydrogens is 329 g/mol. The first-order valence-electron chi connectivity index (χ1n) is 7.60. The molecule has 2 aromatic carbocycles. The highest BCUT2D eigenvalue weighted by atomic mass is 19.4. The van der Waals surface area contributed by atoms with Gasteiger partial charge in [0.25, 0.3) is 0 Å². The number of nitrogens with zero attached hydrogens (tertiary/aromatic N) is 2. The van der Waals surface area contributed by atoms with Crippen molar-refractivity contribution in [3.8, 4) is 22.8 Å². The second kappa shape index (κ2) is 6.55. The first kappa shape index (κ1) is 17.0. The van der Waals surface area contributed by atoms with E-state index < -0.39 is 11.7 Å². The number of aryl methyl sites for hydroxylation is 2. The lowest BCUT2D eigenvalue weighted by Crippen LogP contribution is -2.05. The molecule has 0 aliphatic carbocycles. The number of rotatable bonds is 3. The van der Waals surface area contributed by atoms with Crippen LogP contribution in [-0.4, -0.2) is 10.2 Å². The molecule has 0 unspecified atom stereocenters. The predicted octanol–water partition coefficient (Wildman–Crippen LogP) is 5.57. The van der Waals surface area contributed by atoms with Crippen LogP contribution in [0.1, 0.15) is 16.8 Å². The summed E-state index contributed by atoms with van der Waals surface area (Å²) in [5.41, 5.74) is 1.59. The van der Waals surface area contributed by atoms with Crippen LogP contribution < -0.4 is 4.74 Å². The van der Waals surface area contributed by atoms with Gasteiger partial charge in [-0.25, -0.2) is 0 Å². The van der Waals surface area contributed by atoms with Crippen molar-refractivity contribution in [2.75, 3.05) is 0 Å². The number of hydrogen-bond donors (Lipinski definition) is 0. The molecule has 0 spiro atoms. The predicted molar refractivity (Wildman–Crippen MR) is 88.5 cm³/mol. The van der Waals surface area contributed by atoms with Crippen molar-refractivity contribution in [2.24, 2.45) is 0 Å². The van der Waals surface area contributed by atoms with Crippen molar-refractivity contribution in [1.82, 2.24) is 10.2 Å². The van der Waals surface area contributed by atoms with E-state index in [1.807, 2.05) is 25.1 Å². The highest BCUT2D eigenvalue weighted by Gasteiger charge is 2.30. The van der Waals surface area contributed by atoms with E-state index in [9.17, 15) is 13.2 Å². The highest BCUT2D eigenvalue weighted by Crippen LogP contribution is 2.36. The summed E-state index contributed by atoms with van der Waals surface area (Å²) in [7, 11) is 0. The Labute approximate surface area is 143 Å². The maximum Gasteiger partial charge on any atom is 0.416 e. The van der Waals surface area contributed by atoms with Crippen LogP contribution in [0.25, 0.3) is 11.1 Å². The molecule has 3 nitrogen and oxygen atoms in total. The van der Waals surface area contributed by atoms with Gasteiger partial charge in [-0.1, -0.05) is 30.3 Å². The molecule has 6 heteroatoms. The fourth-order valence-electron chi connectivity index (χ4n) is 2.40. The molecule has 25 heavy (non-hydrogen) atoms. The minimum atomic E-state index is -4.41. The molecule has 0 fully saturated rings. The molecule has 0 aliphatic rings. The van der Waals surface area contributed by atoms with Crippen LogP contribution in [0.4, 0.5) is 13.2 Å². The van der Waals surface area contributed by atoms with Crippen molar-refractivity contribution in [1.29, 1.82) is 0 Å². The summed E-state index contributed by atoms with van der Waals surface area (Å²) >= 11 is 0. The normalized spacial score (nSPS) is 11.4. The summed E-state index contributed by atoms with van der Waals surface area (Å²) in [4.78, 5) is 0. The minimum Gasteiger partial charge on any atom is -0.437 e. The highest BCUT2D eigenvalue weighted by molar-refractivity contribution is 5.70. The third kappa shape index (κ3) is 3.79. The lowest BCUT2D eigenvalue weighted by molar-refractivity contribution is -0.137. The van der Waals surface area contributed by atoms with Crippen molar-refractivity contribution >= 4 is 0 Å². The van der Waals surface area contributed by atoms with Crippen LogP contribution in [0.2, 0.25) is 0 Å². The third-order valence-corrected chi connectivity index (χ3v) is 3.68. The van der Waals surface area contributed by atoms with Gasteiger partial charge in [0, 0.05) is 5.56 Å². The van der Waals surface area contributed by atoms with E-state index in [-0.39, 0.29) is 5.88 Å². The average molecular weight is 344 g/mol. The Hall–Kier alpha value is -2.89. The molecule has 3 aromatic rings. The number of benzene rings is 2. The van der Waals surface area contributed by atoms with E-state index in [0.717, 1.165) is 17.7 Å². The van der Waals surface area contributed by atoms with Gasteiger partial charge in [-0.15, -0.1) is 5.10 Å². The smallest absolute Gasteiger partial charge is 0.416 e. The Kier molecular flexibility index (Phi) is 4.44. The van der Waals surface area contributed by atoms with Crippen LogP contribution >= 0.6 is 0 Å². The van der Waals surface area contributed by atoms with E-state index in [2.05, 4.69) is 10.2 Å². The van der Waals surface area contributed by atoms with Gasteiger partial charge in [-0.05, 0) is 49.2 Å². The minimum absolute atomic E-state index is 0.166. The van der Waals surface area contributed by atoms with E-state index in [0.29, 0.717) is 22.6 Å². The molecule has 1 heterocycles. The first-order chi connectivity index (χ1) is 11.8. The molecule has 0 aliphatic heterocycles. The Bertz CT molecular complexity index is 907. The number of ether oxygens (including phenoxy) is 1. The van der Waals surface area contributed by atoms with Gasteiger partial charge in [-0.3, -0.25) is 0 Å². The van der Waals surface area contributed by atoms with Gasteiger partial charge in [-0.2, -0.15) is 18.3 Å². The maximum absolute atomic E-state index is 13.0. The fraction of sp³-hybridized carbons (Fsp3) is 0.158. The summed E-state index contributed by atoms with van der Waals surface area (Å²) in [5, 5.41) is 7.99. The Morgan fingerprint density at radius 1 is 0.880 bits per heavy atom. The number of hydrogen-bond acceptors (Lipinski definition) is 3. The standard InChI is InChI=1S/C19H15F3N2O/c1-12-6-3-4-9-17(12)25-18-16(10-13(2)23-24-18)14-7-5-8-15(11-14)19(20,21)22/h3-11H,1-2H3. The van der Waals surface area contributed by atoms with E-state index in [1.54, 1.807) is 25.1 Å². The zero-order chi connectivity index (χ0) is 18.0.